The van der Waals surface area contributed by atoms with Crippen LogP contribution in [-0.4, -0.2) is 22.0 Å². The fourth-order valence-electron chi connectivity index (χ4n) is 1.63. The molecule has 1 heterocycles. The van der Waals surface area contributed by atoms with Gasteiger partial charge in [-0.15, -0.1) is 0 Å². The van der Waals surface area contributed by atoms with Gasteiger partial charge in [-0.25, -0.2) is 9.78 Å². The Morgan fingerprint density at radius 2 is 1.86 bits per heavy atom. The van der Waals surface area contributed by atoms with Gasteiger partial charge in [0, 0.05) is 24.4 Å². The number of pyridine rings is 1. The van der Waals surface area contributed by atoms with Crippen molar-refractivity contribution in [1.82, 2.24) is 4.98 Å². The quantitative estimate of drug-likeness (QED) is 0.478. The predicted molar refractivity (Wildman–Crippen MR) is 78.0 cm³/mol. The summed E-state index contributed by atoms with van der Waals surface area (Å²) in [4.78, 5) is 25.8. The Labute approximate surface area is 126 Å². The van der Waals surface area contributed by atoms with Crippen LogP contribution in [0.1, 0.15) is 24.3 Å². The molecule has 2 aromatic rings. The number of carbonyl (C=O) groups is 1. The fourth-order valence-corrected chi connectivity index (χ4v) is 1.63. The second-order valence-corrected chi connectivity index (χ2v) is 4.68. The summed E-state index contributed by atoms with van der Waals surface area (Å²) in [5, 5.41) is 10.6. The highest BCUT2D eigenvalue weighted by Crippen LogP contribution is 2.24. The van der Waals surface area contributed by atoms with Crippen molar-refractivity contribution in [3.05, 3.63) is 58.4 Å². The highest BCUT2D eigenvalue weighted by atomic mass is 16.6. The summed E-state index contributed by atoms with van der Waals surface area (Å²) in [5.41, 5.74) is 0.108. The number of aromatic nitrogens is 1. The average molecular weight is 302 g/mol. The number of benzene rings is 1. The van der Waals surface area contributed by atoms with Crippen molar-refractivity contribution in [3.63, 3.8) is 0 Å². The maximum absolute atomic E-state index is 11.8. The van der Waals surface area contributed by atoms with Gasteiger partial charge in [-0.1, -0.05) is 0 Å². The topological polar surface area (TPSA) is 91.6 Å². The van der Waals surface area contributed by atoms with E-state index in [0.717, 1.165) is 0 Å². The van der Waals surface area contributed by atoms with Gasteiger partial charge < -0.3 is 9.47 Å². The second kappa shape index (κ2) is 6.66. The van der Waals surface area contributed by atoms with Crippen LogP contribution in [0.3, 0.4) is 0 Å². The Morgan fingerprint density at radius 1 is 1.18 bits per heavy atom. The van der Waals surface area contributed by atoms with E-state index in [4.69, 9.17) is 9.47 Å². The molecule has 0 saturated heterocycles. The molecule has 0 aliphatic heterocycles. The molecule has 0 amide bonds. The number of ether oxygens (including phenoxy) is 2. The molecule has 22 heavy (non-hydrogen) atoms. The smallest absolute Gasteiger partial charge is 0.357 e. The summed E-state index contributed by atoms with van der Waals surface area (Å²) < 4.78 is 10.6. The number of esters is 1. The van der Waals surface area contributed by atoms with Gasteiger partial charge in [0.1, 0.15) is 11.5 Å². The van der Waals surface area contributed by atoms with Crippen LogP contribution in [0.2, 0.25) is 0 Å². The first-order valence-corrected chi connectivity index (χ1v) is 6.55. The summed E-state index contributed by atoms with van der Waals surface area (Å²) in [5.74, 6) is 0.267. The Kier molecular flexibility index (Phi) is 4.67. The van der Waals surface area contributed by atoms with Gasteiger partial charge in [0.15, 0.2) is 5.69 Å². The van der Waals surface area contributed by atoms with Crippen LogP contribution in [0, 0.1) is 10.1 Å². The van der Waals surface area contributed by atoms with E-state index in [9.17, 15) is 14.9 Å². The van der Waals surface area contributed by atoms with Gasteiger partial charge in [-0.3, -0.25) is 10.1 Å². The monoisotopic (exact) mass is 302 g/mol. The molecule has 0 N–H and O–H groups in total. The SMILES string of the molecule is CC(C)OC(=O)c1cc(Oc2ccc([N+](=O)[O-])cc2)ccn1. The normalized spacial score (nSPS) is 10.3. The maximum atomic E-state index is 11.8. The summed E-state index contributed by atoms with van der Waals surface area (Å²) in [7, 11) is 0. The fraction of sp³-hybridized carbons (Fsp3) is 0.200. The predicted octanol–water partition coefficient (Wildman–Crippen LogP) is 3.35. The molecule has 1 aromatic heterocycles. The van der Waals surface area contributed by atoms with Crippen molar-refractivity contribution >= 4 is 11.7 Å². The molecule has 0 saturated carbocycles. The number of carbonyl (C=O) groups excluding carboxylic acids is 1. The zero-order valence-corrected chi connectivity index (χ0v) is 12.1. The van der Waals surface area contributed by atoms with Gasteiger partial charge >= 0.3 is 5.97 Å². The second-order valence-electron chi connectivity index (χ2n) is 4.68. The van der Waals surface area contributed by atoms with E-state index < -0.39 is 10.9 Å². The van der Waals surface area contributed by atoms with Crippen molar-refractivity contribution in [3.8, 4) is 11.5 Å². The van der Waals surface area contributed by atoms with Gasteiger partial charge in [0.25, 0.3) is 5.69 Å². The lowest BCUT2D eigenvalue weighted by Gasteiger charge is -2.09. The van der Waals surface area contributed by atoms with Crippen molar-refractivity contribution in [1.29, 1.82) is 0 Å². The van der Waals surface area contributed by atoms with E-state index in [1.54, 1.807) is 19.9 Å². The molecule has 0 bridgehead atoms. The molecule has 0 radical (unpaired) electrons. The van der Waals surface area contributed by atoms with E-state index in [0.29, 0.717) is 11.5 Å². The largest absolute Gasteiger partial charge is 0.458 e. The standard InChI is InChI=1S/C15H14N2O5/c1-10(2)21-15(18)14-9-13(7-8-16-14)22-12-5-3-11(4-6-12)17(19)20/h3-10H,1-2H3. The molecular weight excluding hydrogens is 288 g/mol. The Bertz CT molecular complexity index is 683. The lowest BCUT2D eigenvalue weighted by Crippen LogP contribution is -2.12. The zero-order valence-electron chi connectivity index (χ0n) is 12.1. The third kappa shape index (κ3) is 4.02. The first-order chi connectivity index (χ1) is 10.5. The third-order valence-electron chi connectivity index (χ3n) is 2.57. The van der Waals surface area contributed by atoms with Crippen LogP contribution in [0.25, 0.3) is 0 Å². The average Bonchev–Trinajstić information content (AvgIpc) is 2.47. The molecule has 0 fully saturated rings. The van der Waals surface area contributed by atoms with Crippen LogP contribution in [0.5, 0.6) is 11.5 Å². The van der Waals surface area contributed by atoms with Gasteiger partial charge in [0.05, 0.1) is 11.0 Å². The molecule has 0 unspecified atom stereocenters. The first kappa shape index (κ1) is 15.4. The molecule has 0 spiro atoms. The minimum atomic E-state index is -0.538. The third-order valence-corrected chi connectivity index (χ3v) is 2.57. The van der Waals surface area contributed by atoms with Gasteiger partial charge in [-0.2, -0.15) is 0 Å². The summed E-state index contributed by atoms with van der Waals surface area (Å²) in [6, 6.07) is 8.66. The molecule has 7 heteroatoms. The lowest BCUT2D eigenvalue weighted by molar-refractivity contribution is -0.384. The van der Waals surface area contributed by atoms with E-state index in [1.807, 2.05) is 0 Å². The number of hydrogen-bond acceptors (Lipinski definition) is 6. The van der Waals surface area contributed by atoms with Gasteiger partial charge in [-0.05, 0) is 32.0 Å². The van der Waals surface area contributed by atoms with Crippen LogP contribution in [0.4, 0.5) is 5.69 Å². The van der Waals surface area contributed by atoms with Crippen molar-refractivity contribution in [2.24, 2.45) is 0 Å². The van der Waals surface area contributed by atoms with E-state index in [2.05, 4.69) is 4.98 Å². The van der Waals surface area contributed by atoms with E-state index in [-0.39, 0.29) is 17.5 Å². The highest BCUT2D eigenvalue weighted by Gasteiger charge is 2.12. The minimum Gasteiger partial charge on any atom is -0.458 e. The van der Waals surface area contributed by atoms with E-state index in [1.165, 1.54) is 36.5 Å². The van der Waals surface area contributed by atoms with Crippen LogP contribution in [0.15, 0.2) is 42.6 Å². The summed E-state index contributed by atoms with van der Waals surface area (Å²) in [6.07, 6.45) is 1.19. The molecule has 0 aliphatic carbocycles. The molecule has 7 nitrogen and oxygen atoms in total. The van der Waals surface area contributed by atoms with Crippen molar-refractivity contribution in [2.45, 2.75) is 20.0 Å². The number of nitrogens with zero attached hydrogens (tertiary/aromatic N) is 2. The number of nitro benzene ring substituents is 1. The Hall–Kier alpha value is -2.96. The Morgan fingerprint density at radius 3 is 2.45 bits per heavy atom. The van der Waals surface area contributed by atoms with Crippen LogP contribution >= 0.6 is 0 Å². The van der Waals surface area contributed by atoms with E-state index >= 15 is 0 Å². The highest BCUT2D eigenvalue weighted by molar-refractivity contribution is 5.87. The van der Waals surface area contributed by atoms with Gasteiger partial charge in [0.2, 0.25) is 0 Å². The van der Waals surface area contributed by atoms with Crippen LogP contribution in [-0.2, 0) is 4.74 Å². The molecule has 114 valence electrons. The maximum Gasteiger partial charge on any atom is 0.357 e. The molecule has 1 aromatic carbocycles. The number of rotatable bonds is 5. The zero-order chi connectivity index (χ0) is 16.1. The number of non-ortho nitro benzene ring substituents is 1. The van der Waals surface area contributed by atoms with Crippen molar-refractivity contribution < 1.29 is 19.2 Å². The number of nitro groups is 1. The summed E-state index contributed by atoms with van der Waals surface area (Å²) in [6.45, 7) is 3.49. The molecular formula is C15H14N2O5. The summed E-state index contributed by atoms with van der Waals surface area (Å²) >= 11 is 0. The molecule has 0 atom stereocenters. The lowest BCUT2D eigenvalue weighted by atomic mass is 10.3. The first-order valence-electron chi connectivity index (χ1n) is 6.55. The molecule has 2 rings (SSSR count). The van der Waals surface area contributed by atoms with Crippen LogP contribution < -0.4 is 4.74 Å². The Balaban J connectivity index is 2.13. The minimum absolute atomic E-state index is 0.0247. The molecule has 0 aliphatic rings. The number of hydrogen-bond donors (Lipinski definition) is 0. The van der Waals surface area contributed by atoms with Crippen molar-refractivity contribution in [2.75, 3.05) is 0 Å².